The van der Waals surface area contributed by atoms with Gasteiger partial charge in [-0.3, -0.25) is 0 Å². The van der Waals surface area contributed by atoms with Gasteiger partial charge in [0.05, 0.1) is 6.54 Å². The Labute approximate surface area is 80.1 Å². The summed E-state index contributed by atoms with van der Waals surface area (Å²) in [5.41, 5.74) is 0.770. The number of aryl methyl sites for hydroxylation is 2. The van der Waals surface area contributed by atoms with Crippen LogP contribution in [0.15, 0.2) is 10.5 Å². The number of rotatable bonds is 3. The number of halogens is 3. The van der Waals surface area contributed by atoms with Crippen LogP contribution in [0.3, 0.4) is 0 Å². The van der Waals surface area contributed by atoms with E-state index in [1.165, 1.54) is 0 Å². The summed E-state index contributed by atoms with van der Waals surface area (Å²) in [6.07, 6.45) is -4.16. The highest BCUT2D eigenvalue weighted by molar-refractivity contribution is 5.19. The molecular weight excluding hydrogens is 195 g/mol. The number of hydrogen-bond acceptors (Lipinski definition) is 2. The summed E-state index contributed by atoms with van der Waals surface area (Å²) >= 11 is 0. The molecule has 1 N–H and O–H groups in total. The Morgan fingerprint density at radius 2 is 2.00 bits per heavy atom. The molecular formula is C9H12F3NO. The third-order valence-electron chi connectivity index (χ3n) is 1.78. The van der Waals surface area contributed by atoms with Gasteiger partial charge in [-0.05, 0) is 19.9 Å². The molecule has 1 heterocycles. The van der Waals surface area contributed by atoms with Crippen molar-refractivity contribution in [2.45, 2.75) is 26.6 Å². The van der Waals surface area contributed by atoms with E-state index in [9.17, 15) is 13.2 Å². The van der Waals surface area contributed by atoms with Crippen molar-refractivity contribution in [2.24, 2.45) is 0 Å². The molecule has 0 atom stereocenters. The maximum Gasteiger partial charge on any atom is 0.401 e. The van der Waals surface area contributed by atoms with Gasteiger partial charge in [0.25, 0.3) is 0 Å². The number of hydrogen-bond donors (Lipinski definition) is 1. The van der Waals surface area contributed by atoms with Crippen LogP contribution < -0.4 is 5.32 Å². The molecule has 0 aliphatic heterocycles. The van der Waals surface area contributed by atoms with Crippen LogP contribution in [0.2, 0.25) is 0 Å². The van der Waals surface area contributed by atoms with Crippen LogP contribution in [0.5, 0.6) is 0 Å². The molecule has 14 heavy (non-hydrogen) atoms. The van der Waals surface area contributed by atoms with Crippen molar-refractivity contribution >= 4 is 0 Å². The fraction of sp³-hybridized carbons (Fsp3) is 0.556. The highest BCUT2D eigenvalue weighted by atomic mass is 19.4. The van der Waals surface area contributed by atoms with Crippen molar-refractivity contribution in [3.05, 3.63) is 23.2 Å². The number of furan rings is 1. The standard InChI is InChI=1S/C9H12F3NO/c1-6-3-8(7(2)14-6)4-13-5-9(10,11)12/h3,13H,4-5H2,1-2H3. The summed E-state index contributed by atoms with van der Waals surface area (Å²) in [4.78, 5) is 0. The van der Waals surface area contributed by atoms with Gasteiger partial charge in [0, 0.05) is 12.1 Å². The molecule has 0 aromatic carbocycles. The Hall–Kier alpha value is -0.970. The fourth-order valence-electron chi connectivity index (χ4n) is 1.20. The molecule has 0 aliphatic rings. The minimum Gasteiger partial charge on any atom is -0.466 e. The summed E-state index contributed by atoms with van der Waals surface area (Å²) in [5, 5.41) is 2.31. The van der Waals surface area contributed by atoms with Gasteiger partial charge in [-0.1, -0.05) is 0 Å². The van der Waals surface area contributed by atoms with E-state index in [0.717, 1.165) is 5.56 Å². The lowest BCUT2D eigenvalue weighted by Crippen LogP contribution is -2.28. The van der Waals surface area contributed by atoms with Crippen molar-refractivity contribution in [3.63, 3.8) is 0 Å². The van der Waals surface area contributed by atoms with E-state index in [-0.39, 0.29) is 6.54 Å². The average Bonchev–Trinajstić information content (AvgIpc) is 2.27. The van der Waals surface area contributed by atoms with Gasteiger partial charge in [-0.2, -0.15) is 13.2 Å². The predicted octanol–water partition coefficient (Wildman–Crippen LogP) is 2.55. The molecule has 0 amide bonds. The maximum absolute atomic E-state index is 11.8. The summed E-state index contributed by atoms with van der Waals surface area (Å²) < 4.78 is 40.5. The van der Waals surface area contributed by atoms with E-state index in [0.29, 0.717) is 11.5 Å². The van der Waals surface area contributed by atoms with Crippen LogP contribution >= 0.6 is 0 Å². The van der Waals surface area contributed by atoms with Crippen LogP contribution in [0.1, 0.15) is 17.1 Å². The van der Waals surface area contributed by atoms with E-state index in [1.54, 1.807) is 19.9 Å². The van der Waals surface area contributed by atoms with Crippen molar-refractivity contribution in [3.8, 4) is 0 Å². The lowest BCUT2D eigenvalue weighted by molar-refractivity contribution is -0.125. The van der Waals surface area contributed by atoms with Gasteiger partial charge in [0.1, 0.15) is 11.5 Å². The normalized spacial score (nSPS) is 12.1. The Balaban J connectivity index is 2.42. The summed E-state index contributed by atoms with van der Waals surface area (Å²) in [7, 11) is 0. The first-order chi connectivity index (χ1) is 6.38. The topological polar surface area (TPSA) is 25.2 Å². The zero-order chi connectivity index (χ0) is 10.8. The molecule has 1 aromatic heterocycles. The zero-order valence-corrected chi connectivity index (χ0v) is 8.03. The number of nitrogens with one attached hydrogen (secondary N) is 1. The highest BCUT2D eigenvalue weighted by Gasteiger charge is 2.26. The largest absolute Gasteiger partial charge is 0.466 e. The molecule has 1 aromatic rings. The first-order valence-corrected chi connectivity index (χ1v) is 4.22. The SMILES string of the molecule is Cc1cc(CNCC(F)(F)F)c(C)o1. The lowest BCUT2D eigenvalue weighted by Gasteiger charge is -2.06. The van der Waals surface area contributed by atoms with Gasteiger partial charge >= 0.3 is 6.18 Å². The van der Waals surface area contributed by atoms with Crippen molar-refractivity contribution in [1.29, 1.82) is 0 Å². The van der Waals surface area contributed by atoms with Gasteiger partial charge < -0.3 is 9.73 Å². The molecule has 0 saturated carbocycles. The van der Waals surface area contributed by atoms with Crippen LogP contribution in [0.4, 0.5) is 13.2 Å². The molecule has 0 aliphatic carbocycles. The van der Waals surface area contributed by atoms with E-state index >= 15 is 0 Å². The first-order valence-electron chi connectivity index (χ1n) is 4.22. The second kappa shape index (κ2) is 4.04. The molecule has 5 heteroatoms. The molecule has 0 unspecified atom stereocenters. The third-order valence-corrected chi connectivity index (χ3v) is 1.78. The Kier molecular flexibility index (Phi) is 3.21. The van der Waals surface area contributed by atoms with E-state index in [4.69, 9.17) is 4.42 Å². The van der Waals surface area contributed by atoms with Gasteiger partial charge in [-0.25, -0.2) is 0 Å². The van der Waals surface area contributed by atoms with E-state index in [1.807, 2.05) is 0 Å². The molecule has 0 radical (unpaired) electrons. The van der Waals surface area contributed by atoms with Crippen LogP contribution in [0, 0.1) is 13.8 Å². The second-order valence-corrected chi connectivity index (χ2v) is 3.16. The molecule has 80 valence electrons. The molecule has 0 bridgehead atoms. The fourth-order valence-corrected chi connectivity index (χ4v) is 1.20. The quantitative estimate of drug-likeness (QED) is 0.823. The third kappa shape index (κ3) is 3.41. The van der Waals surface area contributed by atoms with Crippen molar-refractivity contribution < 1.29 is 17.6 Å². The minimum absolute atomic E-state index is 0.183. The van der Waals surface area contributed by atoms with Crippen LogP contribution in [-0.2, 0) is 6.54 Å². The van der Waals surface area contributed by atoms with Crippen molar-refractivity contribution in [1.82, 2.24) is 5.32 Å². The molecule has 0 spiro atoms. The van der Waals surface area contributed by atoms with E-state index in [2.05, 4.69) is 5.32 Å². The Bertz CT molecular complexity index is 303. The average molecular weight is 207 g/mol. The molecule has 1 rings (SSSR count). The molecule has 0 fully saturated rings. The van der Waals surface area contributed by atoms with Gasteiger partial charge in [-0.15, -0.1) is 0 Å². The molecule has 0 saturated heterocycles. The Morgan fingerprint density at radius 1 is 1.36 bits per heavy atom. The first kappa shape index (κ1) is 11.1. The smallest absolute Gasteiger partial charge is 0.401 e. The maximum atomic E-state index is 11.8. The molecule has 2 nitrogen and oxygen atoms in total. The summed E-state index contributed by atoms with van der Waals surface area (Å²) in [6, 6.07) is 1.73. The summed E-state index contributed by atoms with van der Waals surface area (Å²) in [6.45, 7) is 2.71. The van der Waals surface area contributed by atoms with Crippen LogP contribution in [0.25, 0.3) is 0 Å². The van der Waals surface area contributed by atoms with Crippen molar-refractivity contribution in [2.75, 3.05) is 6.54 Å². The predicted molar refractivity (Wildman–Crippen MR) is 45.9 cm³/mol. The van der Waals surface area contributed by atoms with Crippen LogP contribution in [-0.4, -0.2) is 12.7 Å². The van der Waals surface area contributed by atoms with E-state index < -0.39 is 12.7 Å². The second-order valence-electron chi connectivity index (χ2n) is 3.16. The number of alkyl halides is 3. The summed E-state index contributed by atoms with van der Waals surface area (Å²) in [5.74, 6) is 1.38. The van der Waals surface area contributed by atoms with Gasteiger partial charge in [0.15, 0.2) is 0 Å². The minimum atomic E-state index is -4.16. The monoisotopic (exact) mass is 207 g/mol. The highest BCUT2D eigenvalue weighted by Crippen LogP contribution is 2.15. The Morgan fingerprint density at radius 3 is 2.43 bits per heavy atom. The van der Waals surface area contributed by atoms with Gasteiger partial charge in [0.2, 0.25) is 0 Å². The lowest BCUT2D eigenvalue weighted by atomic mass is 10.2. The zero-order valence-electron chi connectivity index (χ0n) is 8.03.